The number of nitro benzene ring substituents is 1. The molecule has 0 spiro atoms. The van der Waals surface area contributed by atoms with Crippen LogP contribution in [0.2, 0.25) is 0 Å². The lowest BCUT2D eigenvalue weighted by Gasteiger charge is -2.09. The van der Waals surface area contributed by atoms with Crippen molar-refractivity contribution in [2.75, 3.05) is 12.8 Å². The van der Waals surface area contributed by atoms with Crippen LogP contribution >= 0.6 is 0 Å². The second-order valence-corrected chi connectivity index (χ2v) is 4.11. The minimum Gasteiger partial charge on any atom is -0.490 e. The van der Waals surface area contributed by atoms with Gasteiger partial charge in [-0.05, 0) is 6.07 Å². The monoisotopic (exact) mass is 291 g/mol. The molecule has 0 saturated heterocycles. The van der Waals surface area contributed by atoms with E-state index in [9.17, 15) is 14.9 Å². The number of aromatic amines is 1. The van der Waals surface area contributed by atoms with E-state index in [1.165, 1.54) is 31.5 Å². The molecule has 0 fully saturated rings. The van der Waals surface area contributed by atoms with Gasteiger partial charge < -0.3 is 15.8 Å². The lowest BCUT2D eigenvalue weighted by Crippen LogP contribution is -2.23. The van der Waals surface area contributed by atoms with Gasteiger partial charge in [-0.1, -0.05) is 6.07 Å². The first-order chi connectivity index (χ1) is 10.0. The lowest BCUT2D eigenvalue weighted by molar-refractivity contribution is -0.385. The number of rotatable bonds is 5. The van der Waals surface area contributed by atoms with E-state index >= 15 is 0 Å². The van der Waals surface area contributed by atoms with Gasteiger partial charge in [0.2, 0.25) is 5.75 Å². The van der Waals surface area contributed by atoms with Gasteiger partial charge in [0.15, 0.2) is 0 Å². The molecule has 1 amide bonds. The maximum atomic E-state index is 12.1. The molecule has 1 aromatic heterocycles. The Hall–Kier alpha value is -3.10. The van der Waals surface area contributed by atoms with Gasteiger partial charge in [-0.15, -0.1) is 0 Å². The van der Waals surface area contributed by atoms with Crippen molar-refractivity contribution in [3.05, 3.63) is 45.6 Å². The molecule has 1 aromatic carbocycles. The number of methoxy groups -OCH3 is 1. The van der Waals surface area contributed by atoms with Crippen LogP contribution in [0.3, 0.4) is 0 Å². The quantitative estimate of drug-likeness (QED) is 0.551. The standard InChI is InChI=1S/C12H13N5O4/c1-21-10-8(3-2-4-9(10)17(19)20)12(18)14-5-7-6-15-16-11(7)13/h2-4,6H,5H2,1H3,(H,14,18)(H3,13,15,16). The number of anilines is 1. The van der Waals surface area contributed by atoms with Gasteiger partial charge in [0.1, 0.15) is 5.82 Å². The van der Waals surface area contributed by atoms with Crippen LogP contribution in [0.5, 0.6) is 5.75 Å². The van der Waals surface area contributed by atoms with Crippen LogP contribution in [0, 0.1) is 10.1 Å². The number of benzene rings is 1. The molecule has 0 aliphatic rings. The number of carbonyl (C=O) groups excluding carboxylic acids is 1. The van der Waals surface area contributed by atoms with Crippen LogP contribution in [0.4, 0.5) is 11.5 Å². The summed E-state index contributed by atoms with van der Waals surface area (Å²) in [5.74, 6) is -0.238. The van der Waals surface area contributed by atoms with E-state index in [0.29, 0.717) is 11.4 Å². The molecule has 0 aliphatic carbocycles. The van der Waals surface area contributed by atoms with Crippen molar-refractivity contribution < 1.29 is 14.5 Å². The second kappa shape index (κ2) is 5.90. The number of hydrogen-bond acceptors (Lipinski definition) is 6. The highest BCUT2D eigenvalue weighted by molar-refractivity contribution is 5.98. The van der Waals surface area contributed by atoms with Crippen molar-refractivity contribution in [2.45, 2.75) is 6.54 Å². The largest absolute Gasteiger partial charge is 0.490 e. The zero-order valence-electron chi connectivity index (χ0n) is 11.1. The van der Waals surface area contributed by atoms with Crippen LogP contribution in [-0.4, -0.2) is 28.1 Å². The maximum Gasteiger partial charge on any atom is 0.311 e. The Morgan fingerprint density at radius 1 is 1.57 bits per heavy atom. The number of hydrogen-bond donors (Lipinski definition) is 3. The van der Waals surface area contributed by atoms with E-state index in [-0.39, 0.29) is 23.5 Å². The zero-order valence-corrected chi connectivity index (χ0v) is 11.1. The van der Waals surface area contributed by atoms with Gasteiger partial charge in [-0.2, -0.15) is 5.10 Å². The summed E-state index contributed by atoms with van der Waals surface area (Å²) in [6, 6.07) is 4.13. The van der Waals surface area contributed by atoms with Crippen LogP contribution in [0.1, 0.15) is 15.9 Å². The Morgan fingerprint density at radius 2 is 2.33 bits per heavy atom. The Balaban J connectivity index is 2.21. The molecule has 2 rings (SSSR count). The summed E-state index contributed by atoms with van der Waals surface area (Å²) in [6.07, 6.45) is 1.49. The molecule has 0 radical (unpaired) electrons. The summed E-state index contributed by atoms with van der Waals surface area (Å²) in [5, 5.41) is 19.8. The summed E-state index contributed by atoms with van der Waals surface area (Å²) in [7, 11) is 1.27. The molecule has 0 saturated carbocycles. The van der Waals surface area contributed by atoms with E-state index in [1.54, 1.807) is 0 Å². The first-order valence-electron chi connectivity index (χ1n) is 5.92. The van der Waals surface area contributed by atoms with Gasteiger partial charge in [0, 0.05) is 18.2 Å². The Labute approximate surface area is 119 Å². The number of nitrogens with zero attached hydrogens (tertiary/aromatic N) is 2. The number of amides is 1. The summed E-state index contributed by atoms with van der Waals surface area (Å²) in [6.45, 7) is 0.146. The molecule has 0 atom stereocenters. The maximum absolute atomic E-state index is 12.1. The summed E-state index contributed by atoms with van der Waals surface area (Å²) in [5.41, 5.74) is 6.03. The minimum absolute atomic E-state index is 0.0776. The fraction of sp³-hybridized carbons (Fsp3) is 0.167. The lowest BCUT2D eigenvalue weighted by atomic mass is 10.1. The Kier molecular flexibility index (Phi) is 4.02. The van der Waals surface area contributed by atoms with Crippen LogP contribution in [0.15, 0.2) is 24.4 Å². The number of H-pyrrole nitrogens is 1. The van der Waals surface area contributed by atoms with Crippen molar-refractivity contribution in [1.82, 2.24) is 15.5 Å². The van der Waals surface area contributed by atoms with E-state index in [2.05, 4.69) is 15.5 Å². The number of ether oxygens (including phenoxy) is 1. The fourth-order valence-corrected chi connectivity index (χ4v) is 1.79. The highest BCUT2D eigenvalue weighted by atomic mass is 16.6. The zero-order chi connectivity index (χ0) is 15.4. The first-order valence-corrected chi connectivity index (χ1v) is 5.92. The normalized spacial score (nSPS) is 10.1. The number of para-hydroxylation sites is 1. The third kappa shape index (κ3) is 2.91. The summed E-state index contributed by atoms with van der Waals surface area (Å²) in [4.78, 5) is 22.4. The van der Waals surface area contributed by atoms with Gasteiger partial charge in [0.25, 0.3) is 5.91 Å². The number of nitrogens with two attached hydrogens (primary N) is 1. The molecule has 9 nitrogen and oxygen atoms in total. The van der Waals surface area contributed by atoms with Crippen LogP contribution in [-0.2, 0) is 6.54 Å². The number of carbonyl (C=O) groups is 1. The van der Waals surface area contributed by atoms with E-state index in [4.69, 9.17) is 10.5 Å². The molecule has 0 unspecified atom stereocenters. The van der Waals surface area contributed by atoms with E-state index in [1.807, 2.05) is 0 Å². The third-order valence-corrected chi connectivity index (χ3v) is 2.83. The van der Waals surface area contributed by atoms with Crippen molar-refractivity contribution >= 4 is 17.4 Å². The van der Waals surface area contributed by atoms with Crippen molar-refractivity contribution in [3.8, 4) is 5.75 Å². The van der Waals surface area contributed by atoms with Crippen LogP contribution in [0.25, 0.3) is 0 Å². The molecule has 4 N–H and O–H groups in total. The van der Waals surface area contributed by atoms with Crippen molar-refractivity contribution in [1.29, 1.82) is 0 Å². The molecule has 21 heavy (non-hydrogen) atoms. The SMILES string of the molecule is COc1c(C(=O)NCc2cn[nH]c2N)cccc1[N+](=O)[O-]. The van der Waals surface area contributed by atoms with Crippen molar-refractivity contribution in [3.63, 3.8) is 0 Å². The molecular weight excluding hydrogens is 278 g/mol. The predicted octanol–water partition coefficient (Wildman–Crippen LogP) is 0.839. The first kappa shape index (κ1) is 14.3. The average Bonchev–Trinajstić information content (AvgIpc) is 2.89. The van der Waals surface area contributed by atoms with Gasteiger partial charge in [-0.25, -0.2) is 0 Å². The molecule has 0 bridgehead atoms. The predicted molar refractivity (Wildman–Crippen MR) is 73.8 cm³/mol. The molecule has 2 aromatic rings. The Bertz CT molecular complexity index is 682. The molecule has 9 heteroatoms. The molecule has 110 valence electrons. The van der Waals surface area contributed by atoms with Crippen molar-refractivity contribution in [2.24, 2.45) is 0 Å². The minimum atomic E-state index is -0.607. The van der Waals surface area contributed by atoms with Gasteiger partial charge in [-0.3, -0.25) is 20.0 Å². The topological polar surface area (TPSA) is 136 Å². The third-order valence-electron chi connectivity index (χ3n) is 2.83. The van der Waals surface area contributed by atoms with Gasteiger partial charge >= 0.3 is 5.69 Å². The van der Waals surface area contributed by atoms with Crippen LogP contribution < -0.4 is 15.8 Å². The fourth-order valence-electron chi connectivity index (χ4n) is 1.79. The average molecular weight is 291 g/mol. The van der Waals surface area contributed by atoms with Gasteiger partial charge in [0.05, 0.1) is 23.8 Å². The molecule has 0 aliphatic heterocycles. The second-order valence-electron chi connectivity index (χ2n) is 4.11. The smallest absolute Gasteiger partial charge is 0.311 e. The van der Waals surface area contributed by atoms with E-state index in [0.717, 1.165) is 0 Å². The molecule has 1 heterocycles. The highest BCUT2D eigenvalue weighted by Crippen LogP contribution is 2.30. The van der Waals surface area contributed by atoms with E-state index < -0.39 is 10.8 Å². The summed E-state index contributed by atoms with van der Waals surface area (Å²) < 4.78 is 4.97. The summed E-state index contributed by atoms with van der Waals surface area (Å²) >= 11 is 0. The highest BCUT2D eigenvalue weighted by Gasteiger charge is 2.22. The number of nitrogens with one attached hydrogen (secondary N) is 2. The Morgan fingerprint density at radius 3 is 2.90 bits per heavy atom. The molecular formula is C12H13N5O4. The number of nitro groups is 1. The number of nitrogen functional groups attached to an aromatic ring is 1. The number of aromatic nitrogens is 2.